The third-order valence-corrected chi connectivity index (χ3v) is 8.03. The molecule has 0 spiro atoms. The number of benzene rings is 6. The SMILES string of the molecule is O=C(OCc1ccccc1)c1cc2c(c3ccccc3n2-c2ccccc2)c2c1c1ccccc1n2-c1ccccc1. The van der Waals surface area contributed by atoms with E-state index in [1.54, 1.807) is 0 Å². The summed E-state index contributed by atoms with van der Waals surface area (Å²) in [6.07, 6.45) is 0. The number of hydrogen-bond donors (Lipinski definition) is 0. The minimum Gasteiger partial charge on any atom is -0.457 e. The van der Waals surface area contributed by atoms with E-state index in [0.717, 1.165) is 60.5 Å². The summed E-state index contributed by atoms with van der Waals surface area (Å²) in [6, 6.07) is 49.4. The summed E-state index contributed by atoms with van der Waals surface area (Å²) in [6.45, 7) is 0.207. The van der Waals surface area contributed by atoms with Crippen molar-refractivity contribution in [2.45, 2.75) is 6.61 Å². The van der Waals surface area contributed by atoms with Crippen molar-refractivity contribution in [1.82, 2.24) is 9.13 Å². The fraction of sp³-hybridized carbons (Fsp3) is 0.0263. The molecule has 8 rings (SSSR count). The van der Waals surface area contributed by atoms with Crippen molar-refractivity contribution in [3.63, 3.8) is 0 Å². The molecule has 0 atom stereocenters. The molecule has 0 saturated heterocycles. The van der Waals surface area contributed by atoms with Crippen LogP contribution in [0.1, 0.15) is 15.9 Å². The molecule has 0 amide bonds. The largest absolute Gasteiger partial charge is 0.457 e. The van der Waals surface area contributed by atoms with Crippen LogP contribution in [0.5, 0.6) is 0 Å². The van der Waals surface area contributed by atoms with Crippen LogP contribution in [-0.2, 0) is 11.3 Å². The van der Waals surface area contributed by atoms with Gasteiger partial charge in [0.1, 0.15) is 6.61 Å². The van der Waals surface area contributed by atoms with Crippen molar-refractivity contribution in [3.8, 4) is 11.4 Å². The zero-order valence-electron chi connectivity index (χ0n) is 22.8. The quantitative estimate of drug-likeness (QED) is 0.203. The summed E-state index contributed by atoms with van der Waals surface area (Å²) in [5.74, 6) is -0.341. The van der Waals surface area contributed by atoms with Crippen LogP contribution < -0.4 is 0 Å². The number of nitrogens with zero attached hydrogens (tertiary/aromatic N) is 2. The minimum atomic E-state index is -0.341. The van der Waals surface area contributed by atoms with Gasteiger partial charge < -0.3 is 13.9 Å². The van der Waals surface area contributed by atoms with E-state index in [2.05, 4.69) is 88.0 Å². The van der Waals surface area contributed by atoms with Crippen LogP contribution in [0.15, 0.2) is 146 Å². The number of carbonyl (C=O) groups excluding carboxylic acids is 1. The standard InChI is InChI=1S/C38H26N2O2/c41-38(42-25-26-14-4-1-5-15-26)31-24-34-36(30-21-11-12-22-32(30)39(34)27-16-6-2-7-17-27)37-35(31)29-20-10-13-23-33(29)40(37)28-18-8-3-9-19-28/h1-24H,25H2. The first-order valence-corrected chi connectivity index (χ1v) is 14.1. The number of aromatic nitrogens is 2. The molecule has 2 aromatic heterocycles. The lowest BCUT2D eigenvalue weighted by Gasteiger charge is -2.12. The molecular formula is C38H26N2O2. The highest BCUT2D eigenvalue weighted by Crippen LogP contribution is 2.43. The van der Waals surface area contributed by atoms with Gasteiger partial charge in [0.05, 0.1) is 27.6 Å². The van der Waals surface area contributed by atoms with Gasteiger partial charge in [0, 0.05) is 32.9 Å². The van der Waals surface area contributed by atoms with Crippen molar-refractivity contribution in [2.24, 2.45) is 0 Å². The first-order chi connectivity index (χ1) is 20.8. The first kappa shape index (κ1) is 24.2. The van der Waals surface area contributed by atoms with Crippen molar-refractivity contribution in [2.75, 3.05) is 0 Å². The van der Waals surface area contributed by atoms with E-state index in [0.29, 0.717) is 5.56 Å². The zero-order valence-corrected chi connectivity index (χ0v) is 22.8. The van der Waals surface area contributed by atoms with Gasteiger partial charge in [-0.3, -0.25) is 0 Å². The van der Waals surface area contributed by atoms with E-state index in [9.17, 15) is 4.79 Å². The predicted octanol–water partition coefficient (Wildman–Crippen LogP) is 9.24. The summed E-state index contributed by atoms with van der Waals surface area (Å²) < 4.78 is 10.5. The summed E-state index contributed by atoms with van der Waals surface area (Å²) in [4.78, 5) is 14.1. The Morgan fingerprint density at radius 1 is 0.524 bits per heavy atom. The molecule has 0 saturated carbocycles. The predicted molar refractivity (Wildman–Crippen MR) is 171 cm³/mol. The van der Waals surface area contributed by atoms with E-state index < -0.39 is 0 Å². The normalized spacial score (nSPS) is 11.5. The molecule has 0 bridgehead atoms. The maximum Gasteiger partial charge on any atom is 0.339 e. The Morgan fingerprint density at radius 2 is 1.02 bits per heavy atom. The fourth-order valence-electron chi connectivity index (χ4n) is 6.27. The van der Waals surface area contributed by atoms with E-state index in [-0.39, 0.29) is 12.6 Å². The second-order valence-electron chi connectivity index (χ2n) is 10.5. The Labute approximate surface area is 242 Å². The summed E-state index contributed by atoms with van der Waals surface area (Å²) >= 11 is 0. The molecule has 0 unspecified atom stereocenters. The van der Waals surface area contributed by atoms with Crippen LogP contribution in [0, 0.1) is 0 Å². The lowest BCUT2D eigenvalue weighted by molar-refractivity contribution is 0.0475. The van der Waals surface area contributed by atoms with Gasteiger partial charge in [-0.15, -0.1) is 0 Å². The summed E-state index contributed by atoms with van der Waals surface area (Å²) in [5.41, 5.74) is 7.66. The van der Waals surface area contributed by atoms with Crippen molar-refractivity contribution < 1.29 is 9.53 Å². The van der Waals surface area contributed by atoms with Gasteiger partial charge in [0.25, 0.3) is 0 Å². The van der Waals surface area contributed by atoms with Crippen LogP contribution in [0.4, 0.5) is 0 Å². The molecule has 200 valence electrons. The van der Waals surface area contributed by atoms with Gasteiger partial charge in [0.2, 0.25) is 0 Å². The number of fused-ring (bicyclic) bond motifs is 7. The molecular weight excluding hydrogens is 516 g/mol. The molecule has 6 aromatic carbocycles. The zero-order chi connectivity index (χ0) is 28.0. The summed E-state index contributed by atoms with van der Waals surface area (Å²) in [5, 5.41) is 4.15. The van der Waals surface area contributed by atoms with Gasteiger partial charge >= 0.3 is 5.97 Å². The first-order valence-electron chi connectivity index (χ1n) is 14.1. The number of esters is 1. The van der Waals surface area contributed by atoms with E-state index in [4.69, 9.17) is 4.74 Å². The maximum absolute atomic E-state index is 14.1. The van der Waals surface area contributed by atoms with Crippen molar-refractivity contribution in [3.05, 3.63) is 157 Å². The average Bonchev–Trinajstić information content (AvgIpc) is 3.57. The monoisotopic (exact) mass is 542 g/mol. The molecule has 42 heavy (non-hydrogen) atoms. The smallest absolute Gasteiger partial charge is 0.339 e. The second kappa shape index (κ2) is 9.79. The van der Waals surface area contributed by atoms with Crippen molar-refractivity contribution in [1.29, 1.82) is 0 Å². The Balaban J connectivity index is 1.53. The van der Waals surface area contributed by atoms with Crippen LogP contribution in [0.3, 0.4) is 0 Å². The molecule has 8 aromatic rings. The number of ether oxygens (including phenoxy) is 1. The lowest BCUT2D eigenvalue weighted by Crippen LogP contribution is -2.07. The lowest BCUT2D eigenvalue weighted by atomic mass is 10.0. The van der Waals surface area contributed by atoms with Crippen LogP contribution in [0.25, 0.3) is 55.0 Å². The van der Waals surface area contributed by atoms with E-state index >= 15 is 0 Å². The molecule has 0 radical (unpaired) electrons. The molecule has 0 aliphatic heterocycles. The third kappa shape index (κ3) is 3.73. The molecule has 0 aliphatic rings. The number of para-hydroxylation sites is 4. The average molecular weight is 543 g/mol. The van der Waals surface area contributed by atoms with E-state index in [1.165, 1.54) is 0 Å². The molecule has 2 heterocycles. The molecule has 0 N–H and O–H groups in total. The minimum absolute atomic E-state index is 0.207. The van der Waals surface area contributed by atoms with E-state index in [1.807, 2.05) is 66.7 Å². The van der Waals surface area contributed by atoms with Crippen LogP contribution >= 0.6 is 0 Å². The molecule has 4 nitrogen and oxygen atoms in total. The van der Waals surface area contributed by atoms with Gasteiger partial charge in [-0.1, -0.05) is 103 Å². The van der Waals surface area contributed by atoms with Crippen LogP contribution in [0.2, 0.25) is 0 Å². The second-order valence-corrected chi connectivity index (χ2v) is 10.5. The van der Waals surface area contributed by atoms with Gasteiger partial charge in [-0.25, -0.2) is 4.79 Å². The molecule has 0 aliphatic carbocycles. The summed E-state index contributed by atoms with van der Waals surface area (Å²) in [7, 11) is 0. The number of hydrogen-bond acceptors (Lipinski definition) is 2. The van der Waals surface area contributed by atoms with Gasteiger partial charge in [0.15, 0.2) is 0 Å². The van der Waals surface area contributed by atoms with Gasteiger partial charge in [-0.05, 0) is 48.0 Å². The number of rotatable bonds is 5. The number of carbonyl (C=O) groups is 1. The Kier molecular flexibility index (Phi) is 5.64. The Morgan fingerprint density at radius 3 is 1.67 bits per heavy atom. The highest BCUT2D eigenvalue weighted by Gasteiger charge is 2.26. The highest BCUT2D eigenvalue weighted by atomic mass is 16.5. The Bertz CT molecular complexity index is 2250. The van der Waals surface area contributed by atoms with Crippen molar-refractivity contribution >= 4 is 49.6 Å². The highest BCUT2D eigenvalue weighted by molar-refractivity contribution is 6.30. The maximum atomic E-state index is 14.1. The molecule has 4 heteroatoms. The fourth-order valence-corrected chi connectivity index (χ4v) is 6.27. The molecule has 0 fully saturated rings. The van der Waals surface area contributed by atoms with Gasteiger partial charge in [-0.2, -0.15) is 0 Å². The topological polar surface area (TPSA) is 36.2 Å². The third-order valence-electron chi connectivity index (χ3n) is 8.03. The Hall–Kier alpha value is -5.61. The van der Waals surface area contributed by atoms with Crippen LogP contribution in [-0.4, -0.2) is 15.1 Å².